The highest BCUT2D eigenvalue weighted by atomic mass is 35.5. The SMILES string of the molecule is O=C(C=Cc1cccc([N+](=O)[O-])c1)Nc1nc2n(n1)C(c1ccc(Cl)cc1)CC(=O)N2. The van der Waals surface area contributed by atoms with E-state index in [0.29, 0.717) is 10.6 Å². The maximum absolute atomic E-state index is 12.2. The van der Waals surface area contributed by atoms with Gasteiger partial charge in [0.15, 0.2) is 0 Å². The normalized spacial score (nSPS) is 15.4. The van der Waals surface area contributed by atoms with Crippen molar-refractivity contribution in [1.29, 1.82) is 0 Å². The van der Waals surface area contributed by atoms with Gasteiger partial charge in [-0.3, -0.25) is 30.3 Å². The summed E-state index contributed by atoms with van der Waals surface area (Å²) in [6.07, 6.45) is 2.82. The highest BCUT2D eigenvalue weighted by Gasteiger charge is 2.29. The minimum atomic E-state index is -0.524. The lowest BCUT2D eigenvalue weighted by atomic mass is 10.0. The van der Waals surface area contributed by atoms with E-state index in [1.54, 1.807) is 30.3 Å². The molecule has 0 aliphatic carbocycles. The van der Waals surface area contributed by atoms with E-state index in [4.69, 9.17) is 11.6 Å². The van der Waals surface area contributed by atoms with Gasteiger partial charge in [-0.1, -0.05) is 35.9 Å². The third-order valence-electron chi connectivity index (χ3n) is 4.55. The Morgan fingerprint density at radius 1 is 1.29 bits per heavy atom. The van der Waals surface area contributed by atoms with Crippen LogP contribution in [0.3, 0.4) is 0 Å². The Labute approximate surface area is 180 Å². The van der Waals surface area contributed by atoms with Gasteiger partial charge in [-0.05, 0) is 29.3 Å². The Balaban J connectivity index is 1.51. The van der Waals surface area contributed by atoms with Crippen molar-refractivity contribution in [2.75, 3.05) is 10.6 Å². The van der Waals surface area contributed by atoms with Crippen LogP contribution in [0, 0.1) is 10.1 Å². The number of aromatic nitrogens is 3. The van der Waals surface area contributed by atoms with Crippen LogP contribution >= 0.6 is 11.6 Å². The molecular weight excluding hydrogens is 424 g/mol. The predicted molar refractivity (Wildman–Crippen MR) is 114 cm³/mol. The molecule has 1 unspecified atom stereocenters. The van der Waals surface area contributed by atoms with Crippen LogP contribution < -0.4 is 10.6 Å². The van der Waals surface area contributed by atoms with Crippen LogP contribution in [0.25, 0.3) is 6.08 Å². The van der Waals surface area contributed by atoms with Crippen molar-refractivity contribution in [3.63, 3.8) is 0 Å². The first-order chi connectivity index (χ1) is 14.9. The topological polar surface area (TPSA) is 132 Å². The van der Waals surface area contributed by atoms with Gasteiger partial charge >= 0.3 is 0 Å². The van der Waals surface area contributed by atoms with Crippen LogP contribution in [0.15, 0.2) is 54.6 Å². The molecule has 0 fully saturated rings. The molecule has 2 N–H and O–H groups in total. The number of nitrogens with zero attached hydrogens (tertiary/aromatic N) is 4. The lowest BCUT2D eigenvalue weighted by molar-refractivity contribution is -0.384. The van der Waals surface area contributed by atoms with Crippen LogP contribution in [0.2, 0.25) is 5.02 Å². The van der Waals surface area contributed by atoms with Gasteiger partial charge in [-0.2, -0.15) is 4.98 Å². The second kappa shape index (κ2) is 8.36. The number of non-ortho nitro benzene ring substituents is 1. The fourth-order valence-corrected chi connectivity index (χ4v) is 3.25. The van der Waals surface area contributed by atoms with Gasteiger partial charge in [-0.25, -0.2) is 4.68 Å². The smallest absolute Gasteiger partial charge is 0.270 e. The molecule has 31 heavy (non-hydrogen) atoms. The highest BCUT2D eigenvalue weighted by molar-refractivity contribution is 6.30. The van der Waals surface area contributed by atoms with Crippen molar-refractivity contribution in [2.24, 2.45) is 0 Å². The molecule has 0 spiro atoms. The number of nitrogens with one attached hydrogen (secondary N) is 2. The number of nitro benzene ring substituents is 1. The number of anilines is 2. The molecule has 0 radical (unpaired) electrons. The van der Waals surface area contributed by atoms with Crippen LogP contribution in [0.5, 0.6) is 0 Å². The minimum absolute atomic E-state index is 0.0184. The molecule has 0 saturated heterocycles. The van der Waals surface area contributed by atoms with Crippen LogP contribution in [0.1, 0.15) is 23.6 Å². The second-order valence-electron chi connectivity index (χ2n) is 6.70. The number of benzene rings is 2. The highest BCUT2D eigenvalue weighted by Crippen LogP contribution is 2.30. The zero-order valence-electron chi connectivity index (χ0n) is 15.9. The van der Waals surface area contributed by atoms with Gasteiger partial charge in [0.1, 0.15) is 0 Å². The summed E-state index contributed by atoms with van der Waals surface area (Å²) in [5, 5.41) is 20.9. The van der Waals surface area contributed by atoms with E-state index in [2.05, 4.69) is 20.7 Å². The van der Waals surface area contributed by atoms with Gasteiger partial charge in [0.2, 0.25) is 11.9 Å². The molecule has 2 aromatic carbocycles. The number of carbonyl (C=O) groups excluding carboxylic acids is 2. The molecule has 1 aliphatic heterocycles. The van der Waals surface area contributed by atoms with Gasteiger partial charge in [0.25, 0.3) is 17.5 Å². The maximum Gasteiger partial charge on any atom is 0.270 e. The third kappa shape index (κ3) is 4.59. The van der Waals surface area contributed by atoms with Crippen molar-refractivity contribution >= 4 is 47.1 Å². The summed E-state index contributed by atoms with van der Waals surface area (Å²) >= 11 is 5.94. The molecule has 0 saturated carbocycles. The standard InChI is InChI=1S/C20H15ClN6O4/c21-14-7-5-13(6-8-14)16-11-18(29)23-20-24-19(25-26(16)20)22-17(28)9-4-12-2-1-3-15(10-12)27(30)31/h1-10,16H,11H2,(H2,22,23,24,25,28,29). The zero-order valence-corrected chi connectivity index (χ0v) is 16.6. The van der Waals surface area contributed by atoms with Crippen molar-refractivity contribution < 1.29 is 14.5 Å². The second-order valence-corrected chi connectivity index (χ2v) is 7.13. The number of carbonyl (C=O) groups is 2. The molecule has 11 heteroatoms. The summed E-state index contributed by atoms with van der Waals surface area (Å²) in [4.78, 5) is 38.8. The molecule has 1 atom stereocenters. The van der Waals surface area contributed by atoms with Gasteiger partial charge in [-0.15, -0.1) is 5.10 Å². The molecule has 1 aliphatic rings. The number of hydrogen-bond donors (Lipinski definition) is 2. The number of halogens is 1. The van der Waals surface area contributed by atoms with E-state index in [0.717, 1.165) is 5.56 Å². The van der Waals surface area contributed by atoms with E-state index in [1.165, 1.54) is 35.0 Å². The molecule has 3 aromatic rings. The average molecular weight is 439 g/mol. The summed E-state index contributed by atoms with van der Waals surface area (Å²) in [5.74, 6) is -0.508. The largest absolute Gasteiger partial charge is 0.295 e. The Bertz CT molecular complexity index is 1200. The van der Waals surface area contributed by atoms with E-state index in [1.807, 2.05) is 0 Å². The Morgan fingerprint density at radius 3 is 2.81 bits per heavy atom. The number of rotatable bonds is 5. The third-order valence-corrected chi connectivity index (χ3v) is 4.81. The number of hydrogen-bond acceptors (Lipinski definition) is 6. The number of fused-ring (bicyclic) bond motifs is 1. The lowest BCUT2D eigenvalue weighted by Gasteiger charge is -2.23. The molecule has 4 rings (SSSR count). The van der Waals surface area contributed by atoms with Gasteiger partial charge in [0, 0.05) is 23.2 Å². The Morgan fingerprint density at radius 2 is 2.06 bits per heavy atom. The molecule has 1 aromatic heterocycles. The van der Waals surface area contributed by atoms with Gasteiger partial charge in [0.05, 0.1) is 17.4 Å². The summed E-state index contributed by atoms with van der Waals surface area (Å²) in [6.45, 7) is 0. The van der Waals surface area contributed by atoms with Crippen LogP contribution in [0.4, 0.5) is 17.6 Å². The molecule has 2 amide bonds. The quantitative estimate of drug-likeness (QED) is 0.356. The fourth-order valence-electron chi connectivity index (χ4n) is 3.13. The molecular formula is C20H15ClN6O4. The van der Waals surface area contributed by atoms with Crippen LogP contribution in [-0.2, 0) is 9.59 Å². The molecule has 10 nitrogen and oxygen atoms in total. The first-order valence-electron chi connectivity index (χ1n) is 9.14. The van der Waals surface area contributed by atoms with E-state index in [-0.39, 0.29) is 36.0 Å². The first kappa shape index (κ1) is 20.2. The molecule has 2 heterocycles. The average Bonchev–Trinajstić information content (AvgIpc) is 3.14. The first-order valence-corrected chi connectivity index (χ1v) is 9.52. The zero-order chi connectivity index (χ0) is 22.0. The van der Waals surface area contributed by atoms with Gasteiger partial charge < -0.3 is 0 Å². The number of amides is 2. The van der Waals surface area contributed by atoms with E-state index < -0.39 is 10.8 Å². The summed E-state index contributed by atoms with van der Waals surface area (Å²) in [5.41, 5.74) is 1.25. The molecule has 156 valence electrons. The van der Waals surface area contributed by atoms with E-state index in [9.17, 15) is 19.7 Å². The lowest BCUT2D eigenvalue weighted by Crippen LogP contribution is -2.29. The summed E-state index contributed by atoms with van der Waals surface area (Å²) < 4.78 is 1.53. The Hall–Kier alpha value is -4.05. The number of nitro groups is 1. The summed E-state index contributed by atoms with van der Waals surface area (Å²) in [7, 11) is 0. The van der Waals surface area contributed by atoms with Crippen molar-refractivity contribution in [1.82, 2.24) is 14.8 Å². The van der Waals surface area contributed by atoms with Crippen LogP contribution in [-0.4, -0.2) is 31.5 Å². The predicted octanol–water partition coefficient (Wildman–Crippen LogP) is 3.42. The molecule has 0 bridgehead atoms. The van der Waals surface area contributed by atoms with Crippen molar-refractivity contribution in [3.8, 4) is 0 Å². The summed E-state index contributed by atoms with van der Waals surface area (Å²) in [6, 6.07) is 12.5. The van der Waals surface area contributed by atoms with Crippen molar-refractivity contribution in [2.45, 2.75) is 12.5 Å². The fraction of sp³-hybridized carbons (Fsp3) is 0.100. The monoisotopic (exact) mass is 438 g/mol. The van der Waals surface area contributed by atoms with E-state index >= 15 is 0 Å². The minimum Gasteiger partial charge on any atom is -0.295 e. The maximum atomic E-state index is 12.2. The van der Waals surface area contributed by atoms with Crippen molar-refractivity contribution in [3.05, 3.63) is 80.9 Å². The Kier molecular flexibility index (Phi) is 5.46.